The molecule has 2 rings (SSSR count). The fourth-order valence-electron chi connectivity index (χ4n) is 2.05. The normalized spacial score (nSPS) is 11.9. The Morgan fingerprint density at radius 1 is 1.16 bits per heavy atom. The summed E-state index contributed by atoms with van der Waals surface area (Å²) >= 11 is 0. The van der Waals surface area contributed by atoms with Crippen LogP contribution in [0.3, 0.4) is 0 Å². The lowest BCUT2D eigenvalue weighted by molar-refractivity contribution is 0.0940. The molecule has 0 saturated carbocycles. The van der Waals surface area contributed by atoms with Gasteiger partial charge in [0.15, 0.2) is 0 Å². The molecule has 3 N–H and O–H groups in total. The van der Waals surface area contributed by atoms with E-state index in [4.69, 9.17) is 5.73 Å². The summed E-state index contributed by atoms with van der Waals surface area (Å²) in [6.45, 7) is 3.90. The van der Waals surface area contributed by atoms with E-state index < -0.39 is 0 Å². The Morgan fingerprint density at radius 3 is 2.58 bits per heavy atom. The molecule has 1 amide bonds. The highest BCUT2D eigenvalue weighted by molar-refractivity contribution is 5.94. The second-order valence-electron chi connectivity index (χ2n) is 4.69. The van der Waals surface area contributed by atoms with Crippen LogP contribution in [0, 0.1) is 6.92 Å². The molecule has 0 fully saturated rings. The molecule has 0 saturated heterocycles. The van der Waals surface area contributed by atoms with E-state index in [-0.39, 0.29) is 11.9 Å². The lowest BCUT2D eigenvalue weighted by Crippen LogP contribution is -2.27. The number of nitrogens with one attached hydrogen (secondary N) is 1. The minimum atomic E-state index is -0.116. The average molecular weight is 254 g/mol. The highest BCUT2D eigenvalue weighted by atomic mass is 16.1. The minimum absolute atomic E-state index is 0.0838. The number of carbonyl (C=O) groups excluding carboxylic acids is 1. The van der Waals surface area contributed by atoms with Crippen LogP contribution in [0.5, 0.6) is 0 Å². The topological polar surface area (TPSA) is 55.1 Å². The standard InChI is InChI=1S/C16H18N2O/c1-11-6-5-7-13(10-11)16(19)18-12(2)14-8-3-4-9-15(14)17/h3-10,12H,17H2,1-2H3,(H,18,19). The van der Waals surface area contributed by atoms with Crippen molar-refractivity contribution in [3.8, 4) is 0 Å². The van der Waals surface area contributed by atoms with Crippen molar-refractivity contribution >= 4 is 11.6 Å². The SMILES string of the molecule is Cc1cccc(C(=O)NC(C)c2ccccc2N)c1. The number of rotatable bonds is 3. The molecule has 0 aliphatic carbocycles. The first kappa shape index (κ1) is 13.1. The molecule has 3 heteroatoms. The van der Waals surface area contributed by atoms with Crippen molar-refractivity contribution in [3.05, 3.63) is 65.2 Å². The van der Waals surface area contributed by atoms with Gasteiger partial charge >= 0.3 is 0 Å². The van der Waals surface area contributed by atoms with Crippen LogP contribution in [0.25, 0.3) is 0 Å². The number of para-hydroxylation sites is 1. The molecule has 98 valence electrons. The molecule has 2 aromatic rings. The molecule has 0 aliphatic heterocycles. The number of aryl methyl sites for hydroxylation is 1. The van der Waals surface area contributed by atoms with Crippen molar-refractivity contribution in [2.45, 2.75) is 19.9 Å². The predicted molar refractivity (Wildman–Crippen MR) is 77.9 cm³/mol. The van der Waals surface area contributed by atoms with Crippen molar-refractivity contribution in [2.75, 3.05) is 5.73 Å². The molecule has 0 aliphatic rings. The zero-order valence-corrected chi connectivity index (χ0v) is 11.2. The molecule has 0 heterocycles. The lowest BCUT2D eigenvalue weighted by Gasteiger charge is -2.16. The number of nitrogens with two attached hydrogens (primary N) is 1. The Morgan fingerprint density at radius 2 is 1.89 bits per heavy atom. The summed E-state index contributed by atoms with van der Waals surface area (Å²) in [6.07, 6.45) is 0. The number of nitrogen functional groups attached to an aromatic ring is 1. The van der Waals surface area contributed by atoms with Crippen LogP contribution < -0.4 is 11.1 Å². The molecule has 1 atom stereocenters. The van der Waals surface area contributed by atoms with E-state index in [0.717, 1.165) is 11.1 Å². The molecule has 0 aromatic heterocycles. The van der Waals surface area contributed by atoms with Crippen molar-refractivity contribution in [1.29, 1.82) is 0 Å². The predicted octanol–water partition coefficient (Wildman–Crippen LogP) is 3.07. The van der Waals surface area contributed by atoms with E-state index in [9.17, 15) is 4.79 Å². The summed E-state index contributed by atoms with van der Waals surface area (Å²) in [7, 11) is 0. The van der Waals surface area contributed by atoms with Gasteiger partial charge in [-0.25, -0.2) is 0 Å². The molecule has 0 radical (unpaired) electrons. The lowest BCUT2D eigenvalue weighted by atomic mass is 10.1. The maximum atomic E-state index is 12.1. The third-order valence-electron chi connectivity index (χ3n) is 3.09. The van der Waals surface area contributed by atoms with Gasteiger partial charge in [0.25, 0.3) is 5.91 Å². The second kappa shape index (κ2) is 5.57. The molecule has 0 bridgehead atoms. The Kier molecular flexibility index (Phi) is 3.85. The number of anilines is 1. The maximum absolute atomic E-state index is 12.1. The highest BCUT2D eigenvalue weighted by Crippen LogP contribution is 2.19. The van der Waals surface area contributed by atoms with Crippen molar-refractivity contribution in [2.24, 2.45) is 0 Å². The van der Waals surface area contributed by atoms with Crippen LogP contribution in [0.2, 0.25) is 0 Å². The zero-order valence-electron chi connectivity index (χ0n) is 11.2. The Hall–Kier alpha value is -2.29. The Balaban J connectivity index is 2.13. The van der Waals surface area contributed by atoms with E-state index in [1.54, 1.807) is 0 Å². The van der Waals surface area contributed by atoms with E-state index in [2.05, 4.69) is 5.32 Å². The average Bonchev–Trinajstić information content (AvgIpc) is 2.39. The first-order chi connectivity index (χ1) is 9.08. The van der Waals surface area contributed by atoms with E-state index in [1.165, 1.54) is 0 Å². The van der Waals surface area contributed by atoms with E-state index in [0.29, 0.717) is 11.3 Å². The summed E-state index contributed by atoms with van der Waals surface area (Å²) in [4.78, 5) is 12.1. The van der Waals surface area contributed by atoms with Gasteiger partial charge in [-0.2, -0.15) is 0 Å². The van der Waals surface area contributed by atoms with Crippen molar-refractivity contribution < 1.29 is 4.79 Å². The van der Waals surface area contributed by atoms with Crippen LogP contribution in [-0.4, -0.2) is 5.91 Å². The van der Waals surface area contributed by atoms with Crippen LogP contribution in [0.1, 0.15) is 34.5 Å². The molecule has 1 unspecified atom stereocenters. The van der Waals surface area contributed by atoms with Gasteiger partial charge in [0.1, 0.15) is 0 Å². The summed E-state index contributed by atoms with van der Waals surface area (Å²) < 4.78 is 0. The third-order valence-corrected chi connectivity index (χ3v) is 3.09. The fourth-order valence-corrected chi connectivity index (χ4v) is 2.05. The molecule has 3 nitrogen and oxygen atoms in total. The largest absolute Gasteiger partial charge is 0.398 e. The van der Waals surface area contributed by atoms with Crippen molar-refractivity contribution in [3.63, 3.8) is 0 Å². The summed E-state index contributed by atoms with van der Waals surface area (Å²) in [5.41, 5.74) is 9.27. The van der Waals surface area contributed by atoms with Crippen molar-refractivity contribution in [1.82, 2.24) is 5.32 Å². The van der Waals surface area contributed by atoms with E-state index >= 15 is 0 Å². The molecule has 2 aromatic carbocycles. The number of hydrogen-bond donors (Lipinski definition) is 2. The second-order valence-corrected chi connectivity index (χ2v) is 4.69. The Bertz CT molecular complexity index is 593. The number of hydrogen-bond acceptors (Lipinski definition) is 2. The highest BCUT2D eigenvalue weighted by Gasteiger charge is 2.13. The van der Waals surface area contributed by atoms with Gasteiger partial charge in [-0.1, -0.05) is 35.9 Å². The molecular weight excluding hydrogens is 236 g/mol. The summed E-state index contributed by atoms with van der Waals surface area (Å²) in [5.74, 6) is -0.0838. The van der Waals surface area contributed by atoms with Crippen LogP contribution in [-0.2, 0) is 0 Å². The quantitative estimate of drug-likeness (QED) is 0.827. The summed E-state index contributed by atoms with van der Waals surface area (Å²) in [6, 6.07) is 15.0. The third kappa shape index (κ3) is 3.13. The van der Waals surface area contributed by atoms with Gasteiger partial charge in [0, 0.05) is 11.3 Å². The molecule has 0 spiro atoms. The van der Waals surface area contributed by atoms with Crippen LogP contribution in [0.4, 0.5) is 5.69 Å². The maximum Gasteiger partial charge on any atom is 0.251 e. The monoisotopic (exact) mass is 254 g/mol. The van der Waals surface area contributed by atoms with Gasteiger partial charge in [-0.3, -0.25) is 4.79 Å². The van der Waals surface area contributed by atoms with E-state index in [1.807, 2.05) is 62.4 Å². The number of amides is 1. The van der Waals surface area contributed by atoms with Gasteiger partial charge in [0.05, 0.1) is 6.04 Å². The first-order valence-corrected chi connectivity index (χ1v) is 6.30. The number of benzene rings is 2. The smallest absolute Gasteiger partial charge is 0.251 e. The van der Waals surface area contributed by atoms with Gasteiger partial charge in [-0.15, -0.1) is 0 Å². The number of carbonyl (C=O) groups is 1. The molecular formula is C16H18N2O. The van der Waals surface area contributed by atoms with Gasteiger partial charge in [0.2, 0.25) is 0 Å². The van der Waals surface area contributed by atoms with Crippen LogP contribution in [0.15, 0.2) is 48.5 Å². The summed E-state index contributed by atoms with van der Waals surface area (Å²) in [5, 5.41) is 2.96. The van der Waals surface area contributed by atoms with Gasteiger partial charge < -0.3 is 11.1 Å². The first-order valence-electron chi connectivity index (χ1n) is 6.30. The van der Waals surface area contributed by atoms with Gasteiger partial charge in [-0.05, 0) is 37.6 Å². The Labute approximate surface area is 113 Å². The molecule has 19 heavy (non-hydrogen) atoms. The fraction of sp³-hybridized carbons (Fsp3) is 0.188. The minimum Gasteiger partial charge on any atom is -0.398 e. The zero-order chi connectivity index (χ0) is 13.8. The van der Waals surface area contributed by atoms with Crippen LogP contribution >= 0.6 is 0 Å².